The monoisotopic (exact) mass is 493 g/mol. The molecule has 0 fully saturated rings. The quantitative estimate of drug-likeness (QED) is 0.295. The van der Waals surface area contributed by atoms with E-state index in [2.05, 4.69) is 30.9 Å². The average molecular weight is 493 g/mol. The summed E-state index contributed by atoms with van der Waals surface area (Å²) in [5.41, 5.74) is 4.36. The molecule has 16 heteroatoms. The Labute approximate surface area is 193 Å². The molecule has 1 aromatic heterocycles. The zero-order valence-corrected chi connectivity index (χ0v) is 17.3. The maximum atomic E-state index is 12.3. The van der Waals surface area contributed by atoms with Crippen molar-refractivity contribution < 1.29 is 32.5 Å². The van der Waals surface area contributed by atoms with E-state index in [4.69, 9.17) is 0 Å². The number of hydrogen-bond donors (Lipinski definition) is 3. The highest BCUT2D eigenvalue weighted by Gasteiger charge is 2.31. The number of nitro benzene ring substituents is 1. The van der Waals surface area contributed by atoms with Gasteiger partial charge in [0.1, 0.15) is 12.1 Å². The standard InChI is InChI=1S/C19H14F3N7O6/c20-19(21,22)35-14-7-3-12(4-8-14)25-17-16(29(33)34)18(24-10-23-17)27-26-15(30)9-11-1-5-13(6-2-11)28(31)32/h1-8,10H,9H2,(H,26,30)(H2,23,24,25,27). The number of benzene rings is 2. The predicted molar refractivity (Wildman–Crippen MR) is 114 cm³/mol. The second kappa shape index (κ2) is 10.3. The van der Waals surface area contributed by atoms with Crippen LogP contribution in [-0.2, 0) is 11.2 Å². The van der Waals surface area contributed by atoms with Crippen molar-refractivity contribution in [3.63, 3.8) is 0 Å². The fraction of sp³-hybridized carbons (Fsp3) is 0.105. The number of aromatic nitrogens is 2. The molecule has 0 radical (unpaired) electrons. The maximum absolute atomic E-state index is 12.3. The molecule has 0 aliphatic carbocycles. The zero-order chi connectivity index (χ0) is 25.6. The van der Waals surface area contributed by atoms with E-state index in [1.165, 1.54) is 36.4 Å². The van der Waals surface area contributed by atoms with Crippen LogP contribution in [0.1, 0.15) is 5.56 Å². The number of carbonyl (C=O) groups is 1. The van der Waals surface area contributed by atoms with Crippen molar-refractivity contribution in [1.82, 2.24) is 15.4 Å². The number of amides is 1. The van der Waals surface area contributed by atoms with Crippen molar-refractivity contribution in [3.8, 4) is 5.75 Å². The summed E-state index contributed by atoms with van der Waals surface area (Å²) in [5, 5.41) is 24.9. The van der Waals surface area contributed by atoms with Gasteiger partial charge in [0.25, 0.3) is 5.69 Å². The van der Waals surface area contributed by atoms with E-state index in [1.54, 1.807) is 0 Å². The van der Waals surface area contributed by atoms with Gasteiger partial charge in [-0.15, -0.1) is 13.2 Å². The predicted octanol–water partition coefficient (Wildman–Crippen LogP) is 3.62. The maximum Gasteiger partial charge on any atom is 0.573 e. The second-order valence-electron chi connectivity index (χ2n) is 6.65. The highest BCUT2D eigenvalue weighted by Crippen LogP contribution is 2.31. The number of carbonyl (C=O) groups excluding carboxylic acids is 1. The molecule has 0 spiro atoms. The van der Waals surface area contributed by atoms with E-state index in [-0.39, 0.29) is 29.4 Å². The van der Waals surface area contributed by atoms with Crippen LogP contribution in [0.5, 0.6) is 5.75 Å². The third-order valence-electron chi connectivity index (χ3n) is 4.19. The van der Waals surface area contributed by atoms with E-state index < -0.39 is 33.6 Å². The molecule has 13 nitrogen and oxygen atoms in total. The average Bonchev–Trinajstić information content (AvgIpc) is 2.78. The van der Waals surface area contributed by atoms with Crippen LogP contribution in [0.4, 0.5) is 41.9 Å². The van der Waals surface area contributed by atoms with E-state index in [0.29, 0.717) is 5.56 Å². The third-order valence-corrected chi connectivity index (χ3v) is 4.19. The first-order valence-electron chi connectivity index (χ1n) is 9.42. The number of rotatable bonds is 9. The molecule has 0 aliphatic rings. The van der Waals surface area contributed by atoms with Gasteiger partial charge in [0, 0.05) is 17.8 Å². The summed E-state index contributed by atoms with van der Waals surface area (Å²) in [7, 11) is 0. The zero-order valence-electron chi connectivity index (χ0n) is 17.3. The molecule has 0 unspecified atom stereocenters. The lowest BCUT2D eigenvalue weighted by atomic mass is 10.1. The number of non-ortho nitro benzene ring substituents is 1. The lowest BCUT2D eigenvalue weighted by molar-refractivity contribution is -0.384. The molecule has 1 amide bonds. The lowest BCUT2D eigenvalue weighted by Gasteiger charge is -2.12. The first-order chi connectivity index (χ1) is 16.5. The molecule has 2 aromatic carbocycles. The Hall–Kier alpha value is -5.02. The molecule has 0 atom stereocenters. The van der Waals surface area contributed by atoms with E-state index in [1.807, 2.05) is 0 Å². The van der Waals surface area contributed by atoms with Gasteiger partial charge in [-0.1, -0.05) is 12.1 Å². The van der Waals surface area contributed by atoms with Gasteiger partial charge in [0.15, 0.2) is 0 Å². The summed E-state index contributed by atoms with van der Waals surface area (Å²) < 4.78 is 40.6. The summed E-state index contributed by atoms with van der Waals surface area (Å²) in [6, 6.07) is 9.60. The van der Waals surface area contributed by atoms with E-state index in [0.717, 1.165) is 18.5 Å². The van der Waals surface area contributed by atoms with Gasteiger partial charge < -0.3 is 10.1 Å². The Morgan fingerprint density at radius 1 is 0.943 bits per heavy atom. The molecule has 0 saturated heterocycles. The smallest absolute Gasteiger partial charge is 0.406 e. The van der Waals surface area contributed by atoms with Crippen LogP contribution in [0.2, 0.25) is 0 Å². The molecule has 3 N–H and O–H groups in total. The lowest BCUT2D eigenvalue weighted by Crippen LogP contribution is -2.31. The van der Waals surface area contributed by atoms with Crippen molar-refractivity contribution in [2.45, 2.75) is 12.8 Å². The Balaban J connectivity index is 1.69. The van der Waals surface area contributed by atoms with Crippen LogP contribution in [-0.4, -0.2) is 32.1 Å². The van der Waals surface area contributed by atoms with E-state index in [9.17, 15) is 38.2 Å². The number of nitro groups is 2. The number of nitrogens with one attached hydrogen (secondary N) is 3. The first-order valence-corrected chi connectivity index (χ1v) is 9.42. The van der Waals surface area contributed by atoms with Crippen LogP contribution >= 0.6 is 0 Å². The van der Waals surface area contributed by atoms with Crippen molar-refractivity contribution in [1.29, 1.82) is 0 Å². The molecule has 1 heterocycles. The topological polar surface area (TPSA) is 174 Å². The van der Waals surface area contributed by atoms with Gasteiger partial charge in [-0.2, -0.15) is 0 Å². The van der Waals surface area contributed by atoms with Crippen molar-refractivity contribution in [3.05, 3.63) is 80.7 Å². The fourth-order valence-electron chi connectivity index (χ4n) is 2.71. The molecule has 3 aromatic rings. The minimum absolute atomic E-state index is 0.147. The number of anilines is 3. The van der Waals surface area contributed by atoms with Gasteiger partial charge in [-0.05, 0) is 29.8 Å². The molecule has 182 valence electrons. The number of hydrogen-bond acceptors (Lipinski definition) is 10. The van der Waals surface area contributed by atoms with Crippen LogP contribution in [0.25, 0.3) is 0 Å². The summed E-state index contributed by atoms with van der Waals surface area (Å²) in [6.07, 6.45) is -4.10. The Morgan fingerprint density at radius 2 is 1.57 bits per heavy atom. The number of ether oxygens (including phenoxy) is 1. The molecule has 0 saturated carbocycles. The van der Waals surface area contributed by atoms with Gasteiger partial charge in [0.2, 0.25) is 17.5 Å². The summed E-state index contributed by atoms with van der Waals surface area (Å²) in [5.74, 6) is -1.79. The third kappa shape index (κ3) is 6.98. The Bertz CT molecular complexity index is 1240. The van der Waals surface area contributed by atoms with Gasteiger partial charge in [0.05, 0.1) is 16.3 Å². The number of halogens is 3. The van der Waals surface area contributed by atoms with Crippen LogP contribution in [0.15, 0.2) is 54.9 Å². The summed E-state index contributed by atoms with van der Waals surface area (Å²) in [4.78, 5) is 40.5. The fourth-order valence-corrected chi connectivity index (χ4v) is 2.71. The number of alkyl halides is 3. The summed E-state index contributed by atoms with van der Waals surface area (Å²) >= 11 is 0. The Morgan fingerprint density at radius 3 is 2.14 bits per heavy atom. The second-order valence-corrected chi connectivity index (χ2v) is 6.65. The van der Waals surface area contributed by atoms with Crippen LogP contribution in [0.3, 0.4) is 0 Å². The highest BCUT2D eigenvalue weighted by atomic mass is 19.4. The molecule has 0 aliphatic heterocycles. The van der Waals surface area contributed by atoms with Crippen LogP contribution < -0.4 is 20.9 Å². The normalized spacial score (nSPS) is 10.8. The first kappa shape index (κ1) is 24.6. The van der Waals surface area contributed by atoms with Crippen molar-refractivity contribution >= 4 is 34.6 Å². The Kier molecular flexibility index (Phi) is 7.23. The van der Waals surface area contributed by atoms with Gasteiger partial charge in [-0.3, -0.25) is 35.9 Å². The van der Waals surface area contributed by atoms with E-state index >= 15 is 0 Å². The highest BCUT2D eigenvalue weighted by molar-refractivity contribution is 5.81. The molecule has 3 rings (SSSR count). The largest absolute Gasteiger partial charge is 0.573 e. The van der Waals surface area contributed by atoms with Gasteiger partial charge in [-0.25, -0.2) is 9.97 Å². The SMILES string of the molecule is O=C(Cc1ccc([N+](=O)[O-])cc1)NNc1ncnc(Nc2ccc(OC(F)(F)F)cc2)c1[N+](=O)[O-]. The minimum atomic E-state index is -4.87. The van der Waals surface area contributed by atoms with Crippen molar-refractivity contribution in [2.75, 3.05) is 10.7 Å². The molecule has 0 bridgehead atoms. The number of hydrazine groups is 1. The van der Waals surface area contributed by atoms with Crippen LogP contribution in [0, 0.1) is 20.2 Å². The molecular weight excluding hydrogens is 479 g/mol. The minimum Gasteiger partial charge on any atom is -0.406 e. The van der Waals surface area contributed by atoms with Gasteiger partial charge >= 0.3 is 12.0 Å². The number of nitrogens with zero attached hydrogens (tertiary/aromatic N) is 4. The van der Waals surface area contributed by atoms with Crippen molar-refractivity contribution in [2.24, 2.45) is 0 Å². The molecule has 35 heavy (non-hydrogen) atoms. The summed E-state index contributed by atoms with van der Waals surface area (Å²) in [6.45, 7) is 0. The molecular formula is C19H14F3N7O6.